The van der Waals surface area contributed by atoms with E-state index in [1.807, 2.05) is 0 Å². The van der Waals surface area contributed by atoms with Gasteiger partial charge < -0.3 is 10.7 Å². The number of aromatic nitrogens is 1. The minimum atomic E-state index is -0.119. The van der Waals surface area contributed by atoms with Crippen LogP contribution < -0.4 is 11.2 Å². The summed E-state index contributed by atoms with van der Waals surface area (Å²) in [5.41, 5.74) is 6.67. The molecule has 66 valence electrons. The van der Waals surface area contributed by atoms with E-state index in [4.69, 9.17) is 17.3 Å². The first kappa shape index (κ1) is 8.13. The third-order valence-electron chi connectivity index (χ3n) is 1.90. The van der Waals surface area contributed by atoms with Crippen molar-refractivity contribution >= 4 is 28.2 Å². The Balaban J connectivity index is 3.09. The zero-order chi connectivity index (χ0) is 9.42. The highest BCUT2D eigenvalue weighted by molar-refractivity contribution is 6.35. The van der Waals surface area contributed by atoms with E-state index in [0.717, 1.165) is 0 Å². The molecule has 1 aromatic heterocycles. The van der Waals surface area contributed by atoms with Gasteiger partial charge >= 0.3 is 0 Å². The monoisotopic (exact) mass is 194 g/mol. The Morgan fingerprint density at radius 1 is 1.31 bits per heavy atom. The molecular formula is C9H7ClN2O. The molecule has 0 aliphatic carbocycles. The van der Waals surface area contributed by atoms with Crippen LogP contribution in [0.5, 0.6) is 0 Å². The van der Waals surface area contributed by atoms with Crippen molar-refractivity contribution in [3.8, 4) is 0 Å². The van der Waals surface area contributed by atoms with Crippen molar-refractivity contribution in [3.05, 3.63) is 39.6 Å². The molecule has 0 amide bonds. The van der Waals surface area contributed by atoms with Crippen LogP contribution in [0.4, 0.5) is 5.69 Å². The zero-order valence-electron chi connectivity index (χ0n) is 6.67. The van der Waals surface area contributed by atoms with E-state index in [-0.39, 0.29) is 5.43 Å². The number of nitrogen functional groups attached to an aromatic ring is 1. The number of hydrogen-bond acceptors (Lipinski definition) is 2. The van der Waals surface area contributed by atoms with Gasteiger partial charge in [0.05, 0.1) is 21.6 Å². The van der Waals surface area contributed by atoms with Gasteiger partial charge in [0, 0.05) is 12.3 Å². The molecule has 0 saturated heterocycles. The van der Waals surface area contributed by atoms with Crippen LogP contribution in [0.15, 0.2) is 29.2 Å². The lowest BCUT2D eigenvalue weighted by molar-refractivity contribution is 1.39. The topological polar surface area (TPSA) is 58.9 Å². The van der Waals surface area contributed by atoms with Gasteiger partial charge in [-0.25, -0.2) is 0 Å². The van der Waals surface area contributed by atoms with Crippen molar-refractivity contribution in [3.63, 3.8) is 0 Å². The number of H-pyrrole nitrogens is 1. The number of nitrogens with two attached hydrogens (primary N) is 1. The highest BCUT2D eigenvalue weighted by Crippen LogP contribution is 2.22. The summed E-state index contributed by atoms with van der Waals surface area (Å²) in [6.45, 7) is 0. The van der Waals surface area contributed by atoms with Gasteiger partial charge in [-0.1, -0.05) is 11.6 Å². The number of benzene rings is 1. The van der Waals surface area contributed by atoms with Crippen molar-refractivity contribution in [1.29, 1.82) is 0 Å². The first-order valence-electron chi connectivity index (χ1n) is 3.75. The van der Waals surface area contributed by atoms with Crippen LogP contribution >= 0.6 is 11.6 Å². The van der Waals surface area contributed by atoms with Crippen molar-refractivity contribution in [1.82, 2.24) is 4.98 Å². The Labute approximate surface area is 79.1 Å². The third kappa shape index (κ3) is 1.17. The molecule has 0 saturated carbocycles. The van der Waals surface area contributed by atoms with Crippen LogP contribution in [0.2, 0.25) is 5.02 Å². The highest BCUT2D eigenvalue weighted by atomic mass is 35.5. The fourth-order valence-electron chi connectivity index (χ4n) is 1.27. The van der Waals surface area contributed by atoms with E-state index in [0.29, 0.717) is 21.6 Å². The van der Waals surface area contributed by atoms with E-state index in [1.54, 1.807) is 18.3 Å². The molecule has 4 heteroatoms. The lowest BCUT2D eigenvalue weighted by Crippen LogP contribution is -2.02. The number of anilines is 1. The number of pyridine rings is 1. The van der Waals surface area contributed by atoms with Crippen LogP contribution in [0, 0.1) is 0 Å². The van der Waals surface area contributed by atoms with Crippen LogP contribution in [0.25, 0.3) is 10.9 Å². The molecule has 0 fully saturated rings. The number of nitrogens with one attached hydrogen (secondary N) is 1. The molecule has 3 nitrogen and oxygen atoms in total. The van der Waals surface area contributed by atoms with Gasteiger partial charge in [-0.05, 0) is 12.1 Å². The summed E-state index contributed by atoms with van der Waals surface area (Å²) in [5.74, 6) is 0. The zero-order valence-corrected chi connectivity index (χ0v) is 7.43. The Morgan fingerprint density at radius 3 is 2.77 bits per heavy atom. The van der Waals surface area contributed by atoms with Crippen LogP contribution in [0.1, 0.15) is 0 Å². The molecule has 1 heterocycles. The Hall–Kier alpha value is -1.48. The summed E-state index contributed by atoms with van der Waals surface area (Å²) < 4.78 is 0. The molecule has 13 heavy (non-hydrogen) atoms. The van der Waals surface area contributed by atoms with Crippen LogP contribution in [-0.4, -0.2) is 4.98 Å². The molecular weight excluding hydrogens is 188 g/mol. The van der Waals surface area contributed by atoms with E-state index in [1.165, 1.54) is 6.07 Å². The van der Waals surface area contributed by atoms with Gasteiger partial charge in [-0.15, -0.1) is 0 Å². The third-order valence-corrected chi connectivity index (χ3v) is 2.21. The minimum Gasteiger partial charge on any atom is -0.397 e. The van der Waals surface area contributed by atoms with Crippen molar-refractivity contribution in [2.45, 2.75) is 0 Å². The highest BCUT2D eigenvalue weighted by Gasteiger charge is 2.04. The first-order valence-corrected chi connectivity index (χ1v) is 4.13. The average Bonchev–Trinajstić information content (AvgIpc) is 2.12. The summed E-state index contributed by atoms with van der Waals surface area (Å²) in [6.07, 6.45) is 1.55. The summed E-state index contributed by atoms with van der Waals surface area (Å²) in [7, 11) is 0. The fourth-order valence-corrected chi connectivity index (χ4v) is 1.52. The Kier molecular flexibility index (Phi) is 1.74. The second kappa shape index (κ2) is 2.78. The number of aromatic amines is 1. The van der Waals surface area contributed by atoms with Crippen LogP contribution in [-0.2, 0) is 0 Å². The first-order chi connectivity index (χ1) is 6.20. The largest absolute Gasteiger partial charge is 0.397 e. The van der Waals surface area contributed by atoms with E-state index in [9.17, 15) is 4.79 Å². The molecule has 3 N–H and O–H groups in total. The maximum atomic E-state index is 11.4. The molecule has 0 aliphatic heterocycles. The van der Waals surface area contributed by atoms with Gasteiger partial charge in [-0.2, -0.15) is 0 Å². The summed E-state index contributed by atoms with van der Waals surface area (Å²) in [4.78, 5) is 14.3. The second-order valence-corrected chi connectivity index (χ2v) is 3.14. The smallest absolute Gasteiger partial charge is 0.190 e. The quantitative estimate of drug-likeness (QED) is 0.628. The number of hydrogen-bond donors (Lipinski definition) is 2. The SMILES string of the molecule is Nc1ccc(Cl)c2c(=O)cc[nH]c12. The predicted molar refractivity (Wildman–Crippen MR) is 54.0 cm³/mol. The van der Waals surface area contributed by atoms with E-state index < -0.39 is 0 Å². The van der Waals surface area contributed by atoms with Gasteiger partial charge in [0.1, 0.15) is 0 Å². The lowest BCUT2D eigenvalue weighted by atomic mass is 10.2. The second-order valence-electron chi connectivity index (χ2n) is 2.73. The molecule has 2 aromatic rings. The predicted octanol–water partition coefficient (Wildman–Crippen LogP) is 1.76. The molecule has 0 radical (unpaired) electrons. The van der Waals surface area contributed by atoms with Gasteiger partial charge in [-0.3, -0.25) is 4.79 Å². The van der Waals surface area contributed by atoms with Crippen molar-refractivity contribution in [2.24, 2.45) is 0 Å². The van der Waals surface area contributed by atoms with E-state index in [2.05, 4.69) is 4.98 Å². The standard InChI is InChI=1S/C9H7ClN2O/c10-5-1-2-6(11)9-8(5)7(13)3-4-12-9/h1-4H,11H2,(H,12,13). The van der Waals surface area contributed by atoms with Gasteiger partial charge in [0.15, 0.2) is 5.43 Å². The molecule has 0 atom stereocenters. The maximum absolute atomic E-state index is 11.4. The van der Waals surface area contributed by atoms with Crippen LogP contribution in [0.3, 0.4) is 0 Å². The van der Waals surface area contributed by atoms with E-state index >= 15 is 0 Å². The lowest BCUT2D eigenvalue weighted by Gasteiger charge is -2.01. The molecule has 0 bridgehead atoms. The summed E-state index contributed by atoms with van der Waals surface area (Å²) in [6, 6.07) is 4.71. The van der Waals surface area contributed by atoms with Crippen molar-refractivity contribution in [2.75, 3.05) is 5.73 Å². The maximum Gasteiger partial charge on any atom is 0.190 e. The summed E-state index contributed by atoms with van der Waals surface area (Å²) >= 11 is 5.86. The Bertz CT molecular complexity index is 518. The van der Waals surface area contributed by atoms with Gasteiger partial charge in [0.25, 0.3) is 0 Å². The molecule has 0 unspecified atom stereocenters. The van der Waals surface area contributed by atoms with Gasteiger partial charge in [0.2, 0.25) is 0 Å². The normalized spacial score (nSPS) is 10.5. The molecule has 2 rings (SSSR count). The molecule has 0 aliphatic rings. The summed E-state index contributed by atoms with van der Waals surface area (Å²) in [5, 5.41) is 0.871. The number of fused-ring (bicyclic) bond motifs is 1. The number of halogens is 1. The minimum absolute atomic E-state index is 0.119. The fraction of sp³-hybridized carbons (Fsp3) is 0. The number of rotatable bonds is 0. The molecule has 0 spiro atoms. The average molecular weight is 195 g/mol. The Morgan fingerprint density at radius 2 is 2.08 bits per heavy atom. The van der Waals surface area contributed by atoms with Crippen molar-refractivity contribution < 1.29 is 0 Å². The molecule has 1 aromatic carbocycles.